The van der Waals surface area contributed by atoms with Gasteiger partial charge in [-0.05, 0) is 48.9 Å². The lowest BCUT2D eigenvalue weighted by Gasteiger charge is -2.22. The van der Waals surface area contributed by atoms with Gasteiger partial charge in [0.05, 0.1) is 17.9 Å². The predicted molar refractivity (Wildman–Crippen MR) is 119 cm³/mol. The van der Waals surface area contributed by atoms with Gasteiger partial charge in [0.1, 0.15) is 6.61 Å². The van der Waals surface area contributed by atoms with E-state index in [-0.39, 0.29) is 12.5 Å². The first kappa shape index (κ1) is 22.0. The highest BCUT2D eigenvalue weighted by Gasteiger charge is 2.36. The SMILES string of the molecule is CC/C(=N\OCCCc1ccccc1)c1ccc(C(=O)N2CCC(N)(CO)C2)cc1. The summed E-state index contributed by atoms with van der Waals surface area (Å²) >= 11 is 0. The van der Waals surface area contributed by atoms with Gasteiger partial charge in [-0.1, -0.05) is 54.5 Å². The zero-order chi connectivity index (χ0) is 21.4. The summed E-state index contributed by atoms with van der Waals surface area (Å²) < 4.78 is 0. The number of aliphatic hydroxyl groups is 1. The number of aliphatic hydroxyl groups excluding tert-OH is 1. The summed E-state index contributed by atoms with van der Waals surface area (Å²) in [4.78, 5) is 19.9. The third-order valence-electron chi connectivity index (χ3n) is 5.51. The van der Waals surface area contributed by atoms with Crippen LogP contribution in [0.4, 0.5) is 0 Å². The number of carbonyl (C=O) groups is 1. The maximum Gasteiger partial charge on any atom is 0.253 e. The minimum Gasteiger partial charge on any atom is -0.396 e. The smallest absolute Gasteiger partial charge is 0.253 e. The molecule has 1 aliphatic rings. The molecule has 3 N–H and O–H groups in total. The van der Waals surface area contributed by atoms with Crippen molar-refractivity contribution >= 4 is 11.6 Å². The number of rotatable bonds is 9. The van der Waals surface area contributed by atoms with Crippen LogP contribution in [0.3, 0.4) is 0 Å². The minimum absolute atomic E-state index is 0.0607. The van der Waals surface area contributed by atoms with Crippen LogP contribution in [-0.2, 0) is 11.3 Å². The summed E-state index contributed by atoms with van der Waals surface area (Å²) in [6.07, 6.45) is 3.22. The molecule has 6 nitrogen and oxygen atoms in total. The molecular weight excluding hydrogens is 378 g/mol. The van der Waals surface area contributed by atoms with Crippen molar-refractivity contribution in [2.24, 2.45) is 10.9 Å². The van der Waals surface area contributed by atoms with Crippen LogP contribution in [-0.4, -0.2) is 53.5 Å². The van der Waals surface area contributed by atoms with Crippen LogP contribution in [0.2, 0.25) is 0 Å². The Bertz CT molecular complexity index is 852. The standard InChI is InChI=1S/C24H31N3O3/c1-2-22(26-30-16-6-9-19-7-4-3-5-8-19)20-10-12-21(13-11-20)23(29)27-15-14-24(25,17-27)18-28/h3-5,7-8,10-13,28H,2,6,9,14-18,25H2,1H3/b26-22+. The van der Waals surface area contributed by atoms with Crippen LogP contribution in [0, 0.1) is 0 Å². The highest BCUT2D eigenvalue weighted by molar-refractivity contribution is 6.01. The number of oxime groups is 1. The Hall–Kier alpha value is -2.70. The van der Waals surface area contributed by atoms with Crippen LogP contribution in [0.1, 0.15) is 47.7 Å². The molecule has 0 spiro atoms. The summed E-state index contributed by atoms with van der Waals surface area (Å²) in [5, 5.41) is 13.7. The van der Waals surface area contributed by atoms with Gasteiger partial charge in [0, 0.05) is 18.7 Å². The number of hydrogen-bond donors (Lipinski definition) is 2. The fourth-order valence-electron chi connectivity index (χ4n) is 3.62. The molecular formula is C24H31N3O3. The zero-order valence-corrected chi connectivity index (χ0v) is 17.6. The fraction of sp³-hybridized carbons (Fsp3) is 0.417. The normalized spacial score (nSPS) is 19.2. The quantitative estimate of drug-likeness (QED) is 0.379. The van der Waals surface area contributed by atoms with Gasteiger partial charge in [-0.15, -0.1) is 0 Å². The number of amides is 1. The van der Waals surface area contributed by atoms with Gasteiger partial charge in [0.2, 0.25) is 0 Å². The molecule has 1 saturated heterocycles. The van der Waals surface area contributed by atoms with Crippen molar-refractivity contribution in [3.8, 4) is 0 Å². The molecule has 0 bridgehead atoms. The van der Waals surface area contributed by atoms with E-state index in [1.54, 1.807) is 4.90 Å². The summed E-state index contributed by atoms with van der Waals surface area (Å²) in [5.74, 6) is -0.0607. The van der Waals surface area contributed by atoms with Gasteiger partial charge in [0.25, 0.3) is 5.91 Å². The van der Waals surface area contributed by atoms with Crippen LogP contribution < -0.4 is 5.73 Å². The van der Waals surface area contributed by atoms with Crippen molar-refractivity contribution in [2.75, 3.05) is 26.3 Å². The second-order valence-electron chi connectivity index (χ2n) is 7.89. The van der Waals surface area contributed by atoms with E-state index in [2.05, 4.69) is 17.3 Å². The van der Waals surface area contributed by atoms with Crippen LogP contribution in [0.25, 0.3) is 0 Å². The molecule has 1 unspecified atom stereocenters. The van der Waals surface area contributed by atoms with Crippen LogP contribution in [0.5, 0.6) is 0 Å². The highest BCUT2D eigenvalue weighted by Crippen LogP contribution is 2.21. The third kappa shape index (κ3) is 5.68. The second-order valence-corrected chi connectivity index (χ2v) is 7.89. The first-order chi connectivity index (χ1) is 14.5. The van der Waals surface area contributed by atoms with Gasteiger partial charge in [-0.2, -0.15) is 0 Å². The molecule has 2 aromatic rings. The van der Waals surface area contributed by atoms with Crippen molar-refractivity contribution in [1.82, 2.24) is 4.90 Å². The van der Waals surface area contributed by atoms with Crippen molar-refractivity contribution < 1.29 is 14.7 Å². The largest absolute Gasteiger partial charge is 0.396 e. The minimum atomic E-state index is -0.685. The van der Waals surface area contributed by atoms with Crippen molar-refractivity contribution in [3.05, 3.63) is 71.3 Å². The maximum absolute atomic E-state index is 12.7. The number of likely N-dealkylation sites (tertiary alicyclic amines) is 1. The third-order valence-corrected chi connectivity index (χ3v) is 5.51. The van der Waals surface area contributed by atoms with Gasteiger partial charge in [0.15, 0.2) is 0 Å². The van der Waals surface area contributed by atoms with Crippen molar-refractivity contribution in [2.45, 2.75) is 38.1 Å². The van der Waals surface area contributed by atoms with E-state index in [0.29, 0.717) is 31.7 Å². The van der Waals surface area contributed by atoms with E-state index < -0.39 is 5.54 Å². The Morgan fingerprint density at radius 3 is 2.50 bits per heavy atom. The fourth-order valence-corrected chi connectivity index (χ4v) is 3.62. The molecule has 0 aliphatic carbocycles. The number of nitrogens with zero attached hydrogens (tertiary/aromatic N) is 2. The maximum atomic E-state index is 12.7. The topological polar surface area (TPSA) is 88.2 Å². The van der Waals surface area contributed by atoms with Crippen molar-refractivity contribution in [1.29, 1.82) is 0 Å². The van der Waals surface area contributed by atoms with E-state index in [1.165, 1.54) is 5.56 Å². The first-order valence-electron chi connectivity index (χ1n) is 10.6. The Morgan fingerprint density at radius 1 is 1.17 bits per heavy atom. The number of hydrogen-bond acceptors (Lipinski definition) is 5. The molecule has 0 aromatic heterocycles. The van der Waals surface area contributed by atoms with E-state index in [1.807, 2.05) is 49.4 Å². The van der Waals surface area contributed by atoms with Gasteiger partial charge >= 0.3 is 0 Å². The monoisotopic (exact) mass is 409 g/mol. The molecule has 1 heterocycles. The molecule has 3 rings (SSSR count). The first-order valence-corrected chi connectivity index (χ1v) is 10.6. The number of nitrogens with two attached hydrogens (primary N) is 1. The highest BCUT2D eigenvalue weighted by atomic mass is 16.6. The van der Waals surface area contributed by atoms with Crippen LogP contribution >= 0.6 is 0 Å². The average Bonchev–Trinajstić information content (AvgIpc) is 3.19. The van der Waals surface area contributed by atoms with E-state index in [4.69, 9.17) is 10.6 Å². The molecule has 1 atom stereocenters. The lowest BCUT2D eigenvalue weighted by Crippen LogP contribution is -2.46. The Morgan fingerprint density at radius 2 is 1.87 bits per heavy atom. The molecule has 0 radical (unpaired) electrons. The molecule has 30 heavy (non-hydrogen) atoms. The van der Waals surface area contributed by atoms with Gasteiger partial charge in [-0.3, -0.25) is 4.79 Å². The molecule has 1 amide bonds. The summed E-state index contributed by atoms with van der Waals surface area (Å²) in [6.45, 7) is 3.43. The predicted octanol–water partition coefficient (Wildman–Crippen LogP) is 2.99. The molecule has 2 aromatic carbocycles. The Kier molecular flexibility index (Phi) is 7.60. The Balaban J connectivity index is 1.53. The molecule has 1 fully saturated rings. The number of benzene rings is 2. The van der Waals surface area contributed by atoms with Crippen LogP contribution in [0.15, 0.2) is 59.8 Å². The lowest BCUT2D eigenvalue weighted by atomic mass is 10.0. The van der Waals surface area contributed by atoms with E-state index in [0.717, 1.165) is 30.5 Å². The van der Waals surface area contributed by atoms with E-state index in [9.17, 15) is 9.90 Å². The Labute approximate surface area is 178 Å². The summed E-state index contributed by atoms with van der Waals surface area (Å²) in [6, 6.07) is 17.8. The van der Waals surface area contributed by atoms with Crippen molar-refractivity contribution in [3.63, 3.8) is 0 Å². The zero-order valence-electron chi connectivity index (χ0n) is 17.6. The lowest BCUT2D eigenvalue weighted by molar-refractivity contribution is 0.0775. The van der Waals surface area contributed by atoms with E-state index >= 15 is 0 Å². The second kappa shape index (κ2) is 10.4. The molecule has 160 valence electrons. The summed E-state index contributed by atoms with van der Waals surface area (Å²) in [5.41, 5.74) is 9.10. The molecule has 1 aliphatic heterocycles. The summed E-state index contributed by atoms with van der Waals surface area (Å²) in [7, 11) is 0. The number of aryl methyl sites for hydroxylation is 1. The van der Waals surface area contributed by atoms with Gasteiger partial charge in [-0.25, -0.2) is 0 Å². The average molecular weight is 410 g/mol. The molecule has 0 saturated carbocycles. The number of carbonyl (C=O) groups excluding carboxylic acids is 1. The molecule has 6 heteroatoms. The van der Waals surface area contributed by atoms with Gasteiger partial charge < -0.3 is 20.6 Å².